The summed E-state index contributed by atoms with van der Waals surface area (Å²) in [4.78, 5) is 0. The normalized spacial score (nSPS) is 12.6. The molecule has 0 aliphatic rings. The van der Waals surface area contributed by atoms with Gasteiger partial charge in [-0.15, -0.1) is 0 Å². The minimum Gasteiger partial charge on any atom is -0.493 e. The summed E-state index contributed by atoms with van der Waals surface area (Å²) < 4.78 is 41.3. The molecule has 0 unspecified atom stereocenters. The van der Waals surface area contributed by atoms with Crippen LogP contribution in [0, 0.1) is 0 Å². The minimum atomic E-state index is -4.17. The average molecular weight is 246 g/mol. The van der Waals surface area contributed by atoms with E-state index in [4.69, 9.17) is 4.74 Å². The van der Waals surface area contributed by atoms with Gasteiger partial charge in [0.05, 0.1) is 13.0 Å². The van der Waals surface area contributed by atoms with Crippen molar-refractivity contribution in [3.63, 3.8) is 0 Å². The molecule has 0 amide bonds. The molecule has 0 saturated carbocycles. The van der Waals surface area contributed by atoms with Gasteiger partial charge in [-0.05, 0) is 17.0 Å². The molecule has 17 heavy (non-hydrogen) atoms. The molecule has 0 aliphatic carbocycles. The highest BCUT2D eigenvalue weighted by Crippen LogP contribution is 2.31. The lowest BCUT2D eigenvalue weighted by atomic mass is 9.86. The third-order valence-corrected chi connectivity index (χ3v) is 2.34. The van der Waals surface area contributed by atoms with Crippen LogP contribution in [0.4, 0.5) is 13.2 Å². The summed E-state index contributed by atoms with van der Waals surface area (Å²) in [5.41, 5.74) is 0.775. The smallest absolute Gasteiger partial charge is 0.392 e. The molecule has 0 fully saturated rings. The molecule has 1 rings (SSSR count). The lowest BCUT2D eigenvalue weighted by Gasteiger charge is -2.22. The van der Waals surface area contributed by atoms with E-state index in [-0.39, 0.29) is 12.0 Å². The fourth-order valence-electron chi connectivity index (χ4n) is 1.49. The Bertz CT molecular complexity index is 364. The fraction of sp³-hybridized carbons (Fsp3) is 0.538. The first-order valence-corrected chi connectivity index (χ1v) is 5.49. The van der Waals surface area contributed by atoms with Gasteiger partial charge in [-0.1, -0.05) is 39.0 Å². The van der Waals surface area contributed by atoms with Crippen LogP contribution in [0.15, 0.2) is 24.3 Å². The van der Waals surface area contributed by atoms with Crippen molar-refractivity contribution in [3.05, 3.63) is 29.8 Å². The molecule has 0 aromatic heterocycles. The number of halogens is 3. The second-order valence-corrected chi connectivity index (χ2v) is 4.96. The molecule has 0 spiro atoms. The van der Waals surface area contributed by atoms with Crippen molar-refractivity contribution in [2.75, 3.05) is 6.61 Å². The van der Waals surface area contributed by atoms with E-state index in [0.29, 0.717) is 5.75 Å². The second kappa shape index (κ2) is 4.98. The molecule has 96 valence electrons. The summed E-state index contributed by atoms with van der Waals surface area (Å²) in [6.45, 7) is 5.66. The lowest BCUT2D eigenvalue weighted by Crippen LogP contribution is -2.16. The van der Waals surface area contributed by atoms with Crippen molar-refractivity contribution in [1.82, 2.24) is 0 Å². The third-order valence-electron chi connectivity index (χ3n) is 2.34. The van der Waals surface area contributed by atoms with Crippen molar-refractivity contribution < 1.29 is 17.9 Å². The summed E-state index contributed by atoms with van der Waals surface area (Å²) in [6.07, 6.45) is -5.10. The van der Waals surface area contributed by atoms with E-state index in [0.717, 1.165) is 5.56 Å². The highest BCUT2D eigenvalue weighted by atomic mass is 19.4. The zero-order valence-electron chi connectivity index (χ0n) is 10.3. The van der Waals surface area contributed by atoms with Crippen molar-refractivity contribution in [1.29, 1.82) is 0 Å². The van der Waals surface area contributed by atoms with Crippen LogP contribution in [0.3, 0.4) is 0 Å². The molecular formula is C13H17F3O. The van der Waals surface area contributed by atoms with E-state index in [1.54, 1.807) is 12.1 Å². The van der Waals surface area contributed by atoms with Gasteiger partial charge in [0.25, 0.3) is 0 Å². The zero-order chi connectivity index (χ0) is 13.1. The van der Waals surface area contributed by atoms with Crippen molar-refractivity contribution in [2.24, 2.45) is 0 Å². The number of ether oxygens (including phenoxy) is 1. The number of para-hydroxylation sites is 1. The van der Waals surface area contributed by atoms with Crippen molar-refractivity contribution in [2.45, 2.75) is 38.8 Å². The van der Waals surface area contributed by atoms with Crippen LogP contribution in [0.1, 0.15) is 32.8 Å². The van der Waals surface area contributed by atoms with Gasteiger partial charge < -0.3 is 4.74 Å². The predicted molar refractivity (Wildman–Crippen MR) is 61.3 cm³/mol. The molecule has 0 aliphatic heterocycles. The van der Waals surface area contributed by atoms with Gasteiger partial charge in [0.15, 0.2) is 0 Å². The van der Waals surface area contributed by atoms with Gasteiger partial charge >= 0.3 is 6.18 Å². The molecule has 1 nitrogen and oxygen atoms in total. The topological polar surface area (TPSA) is 9.23 Å². The first kappa shape index (κ1) is 13.9. The van der Waals surface area contributed by atoms with Crippen LogP contribution in [-0.4, -0.2) is 12.8 Å². The fourth-order valence-corrected chi connectivity index (χ4v) is 1.49. The Labute approximate surface area is 99.6 Å². The number of alkyl halides is 3. The monoisotopic (exact) mass is 246 g/mol. The van der Waals surface area contributed by atoms with E-state index >= 15 is 0 Å². The second-order valence-electron chi connectivity index (χ2n) is 4.96. The van der Waals surface area contributed by atoms with E-state index in [9.17, 15) is 13.2 Å². The Balaban J connectivity index is 2.72. The number of hydrogen-bond donors (Lipinski definition) is 0. The van der Waals surface area contributed by atoms with Crippen LogP contribution in [0.5, 0.6) is 5.75 Å². The first-order valence-electron chi connectivity index (χ1n) is 5.49. The Morgan fingerprint density at radius 1 is 1.06 bits per heavy atom. The highest BCUT2D eigenvalue weighted by molar-refractivity contribution is 5.38. The number of rotatable bonds is 3. The summed E-state index contributed by atoms with van der Waals surface area (Å²) in [5.74, 6) is 0.532. The molecule has 0 bridgehead atoms. The highest BCUT2D eigenvalue weighted by Gasteiger charge is 2.27. The van der Waals surface area contributed by atoms with Crippen molar-refractivity contribution in [3.8, 4) is 5.75 Å². The van der Waals surface area contributed by atoms with Crippen molar-refractivity contribution >= 4 is 0 Å². The van der Waals surface area contributed by atoms with Crippen LogP contribution in [-0.2, 0) is 5.41 Å². The standard InChI is InChI=1S/C13H17F3O/c1-12(2,3)10-6-4-5-7-11(10)17-9-8-13(14,15)16/h4-7H,8-9H2,1-3H3. The molecule has 1 aromatic rings. The Kier molecular flexibility index (Phi) is 4.07. The molecule has 0 saturated heterocycles. The van der Waals surface area contributed by atoms with Gasteiger partial charge in [-0.3, -0.25) is 0 Å². The summed E-state index contributed by atoms with van der Waals surface area (Å²) in [5, 5.41) is 0. The number of benzene rings is 1. The largest absolute Gasteiger partial charge is 0.493 e. The van der Waals surface area contributed by atoms with Crippen LogP contribution in [0.2, 0.25) is 0 Å². The lowest BCUT2D eigenvalue weighted by molar-refractivity contribution is -0.139. The van der Waals surface area contributed by atoms with E-state index in [1.165, 1.54) is 0 Å². The van der Waals surface area contributed by atoms with E-state index in [1.807, 2.05) is 32.9 Å². The van der Waals surface area contributed by atoms with Gasteiger partial charge in [-0.25, -0.2) is 0 Å². The van der Waals surface area contributed by atoms with Gasteiger partial charge in [-0.2, -0.15) is 13.2 Å². The zero-order valence-corrected chi connectivity index (χ0v) is 10.3. The maximum atomic E-state index is 12.0. The Morgan fingerprint density at radius 2 is 1.65 bits per heavy atom. The molecule has 0 atom stereocenters. The van der Waals surface area contributed by atoms with Crippen LogP contribution in [0.25, 0.3) is 0 Å². The molecule has 1 aromatic carbocycles. The van der Waals surface area contributed by atoms with Gasteiger partial charge in [0.1, 0.15) is 5.75 Å². The molecule has 0 radical (unpaired) electrons. The van der Waals surface area contributed by atoms with E-state index < -0.39 is 12.6 Å². The Morgan fingerprint density at radius 3 is 2.18 bits per heavy atom. The summed E-state index contributed by atoms with van der Waals surface area (Å²) in [7, 11) is 0. The predicted octanol–water partition coefficient (Wildman–Crippen LogP) is 4.32. The van der Waals surface area contributed by atoms with Gasteiger partial charge in [0.2, 0.25) is 0 Å². The molecule has 0 N–H and O–H groups in total. The maximum absolute atomic E-state index is 12.0. The minimum absolute atomic E-state index is 0.144. The average Bonchev–Trinajstić information content (AvgIpc) is 2.15. The summed E-state index contributed by atoms with van der Waals surface area (Å²) >= 11 is 0. The Hall–Kier alpha value is -1.19. The number of hydrogen-bond acceptors (Lipinski definition) is 1. The SMILES string of the molecule is CC(C)(C)c1ccccc1OCCC(F)(F)F. The third kappa shape index (κ3) is 4.67. The first-order chi connectivity index (χ1) is 7.70. The molecular weight excluding hydrogens is 229 g/mol. The van der Waals surface area contributed by atoms with Gasteiger partial charge in [0, 0.05) is 0 Å². The maximum Gasteiger partial charge on any atom is 0.392 e. The quantitative estimate of drug-likeness (QED) is 0.772. The van der Waals surface area contributed by atoms with Crippen LogP contribution >= 0.6 is 0 Å². The molecule has 4 heteroatoms. The van der Waals surface area contributed by atoms with E-state index in [2.05, 4.69) is 0 Å². The molecule has 0 heterocycles. The summed E-state index contributed by atoms with van der Waals surface area (Å²) in [6, 6.07) is 7.20. The van der Waals surface area contributed by atoms with Crippen LogP contribution < -0.4 is 4.74 Å².